The third-order valence-electron chi connectivity index (χ3n) is 2.66. The molecule has 0 aromatic heterocycles. The van der Waals surface area contributed by atoms with Crippen LogP contribution in [0.25, 0.3) is 0 Å². The van der Waals surface area contributed by atoms with Gasteiger partial charge in [-0.3, -0.25) is 0 Å². The van der Waals surface area contributed by atoms with Crippen molar-refractivity contribution in [1.29, 1.82) is 0 Å². The fourth-order valence-electron chi connectivity index (χ4n) is 1.46. The molecule has 19 heavy (non-hydrogen) atoms. The molecule has 1 aromatic carbocycles. The van der Waals surface area contributed by atoms with Crippen molar-refractivity contribution >= 4 is 15.9 Å². The van der Waals surface area contributed by atoms with Gasteiger partial charge in [0.25, 0.3) is 0 Å². The minimum Gasteiger partial charge on any atom is -0.493 e. The number of aliphatic hydroxyl groups is 1. The Hall–Kier alpha value is -0.620. The lowest BCUT2D eigenvalue weighted by molar-refractivity contribution is 0.174. The van der Waals surface area contributed by atoms with Gasteiger partial charge in [-0.15, -0.1) is 0 Å². The number of methoxy groups -OCH3 is 1. The van der Waals surface area contributed by atoms with E-state index in [9.17, 15) is 0 Å². The Morgan fingerprint density at radius 1 is 1.42 bits per heavy atom. The summed E-state index contributed by atoms with van der Waals surface area (Å²) in [4.78, 5) is 0. The lowest BCUT2D eigenvalue weighted by atomic mass is 10.2. The van der Waals surface area contributed by atoms with Gasteiger partial charge in [-0.05, 0) is 23.8 Å². The largest absolute Gasteiger partial charge is 0.493 e. The number of ether oxygens (including phenoxy) is 2. The molecule has 1 unspecified atom stereocenters. The van der Waals surface area contributed by atoms with Gasteiger partial charge in [0.05, 0.1) is 13.2 Å². The first-order valence-electron chi connectivity index (χ1n) is 6.39. The van der Waals surface area contributed by atoms with Crippen LogP contribution in [0, 0.1) is 5.92 Å². The molecule has 0 aliphatic carbocycles. The maximum Gasteiger partial charge on any atom is 0.119 e. The number of hydrogen-bond acceptors (Lipinski definition) is 4. The van der Waals surface area contributed by atoms with E-state index in [1.165, 1.54) is 0 Å². The summed E-state index contributed by atoms with van der Waals surface area (Å²) in [5, 5.41) is 12.3. The summed E-state index contributed by atoms with van der Waals surface area (Å²) in [6, 6.07) is 5.91. The number of benzene rings is 1. The summed E-state index contributed by atoms with van der Waals surface area (Å²) in [5.74, 6) is 0.971. The first-order chi connectivity index (χ1) is 9.17. The van der Waals surface area contributed by atoms with E-state index < -0.39 is 0 Å². The highest BCUT2D eigenvalue weighted by atomic mass is 79.9. The van der Waals surface area contributed by atoms with Crippen LogP contribution in [0.5, 0.6) is 5.75 Å². The van der Waals surface area contributed by atoms with Crippen LogP contribution < -0.4 is 10.1 Å². The molecule has 1 atom stereocenters. The zero-order valence-corrected chi connectivity index (χ0v) is 13.1. The van der Waals surface area contributed by atoms with Crippen LogP contribution in [0.4, 0.5) is 0 Å². The smallest absolute Gasteiger partial charge is 0.119 e. The topological polar surface area (TPSA) is 50.7 Å². The molecule has 0 radical (unpaired) electrons. The molecule has 0 aliphatic heterocycles. The summed E-state index contributed by atoms with van der Waals surface area (Å²) in [6.45, 7) is 4.89. The van der Waals surface area contributed by atoms with Gasteiger partial charge in [0.2, 0.25) is 0 Å². The Bertz CT molecular complexity index is 374. The highest BCUT2D eigenvalue weighted by Crippen LogP contribution is 2.23. The monoisotopic (exact) mass is 331 g/mol. The molecule has 0 amide bonds. The molecule has 0 bridgehead atoms. The van der Waals surface area contributed by atoms with Crippen molar-refractivity contribution in [3.05, 3.63) is 28.2 Å². The van der Waals surface area contributed by atoms with E-state index in [1.54, 1.807) is 7.11 Å². The van der Waals surface area contributed by atoms with Gasteiger partial charge in [0.1, 0.15) is 5.75 Å². The highest BCUT2D eigenvalue weighted by molar-refractivity contribution is 9.10. The summed E-state index contributed by atoms with van der Waals surface area (Å²) >= 11 is 3.53. The first-order valence-corrected chi connectivity index (χ1v) is 7.18. The Morgan fingerprint density at radius 3 is 2.89 bits per heavy atom. The summed E-state index contributed by atoms with van der Waals surface area (Å²) < 4.78 is 11.7. The Labute approximate surface area is 123 Å². The average molecular weight is 332 g/mol. The van der Waals surface area contributed by atoms with Crippen molar-refractivity contribution in [2.75, 3.05) is 33.5 Å². The first kappa shape index (κ1) is 16.4. The minimum absolute atomic E-state index is 0.141. The molecular formula is C14H22BrNO3. The fraction of sp³-hybridized carbons (Fsp3) is 0.571. The molecule has 1 rings (SSSR count). The van der Waals surface area contributed by atoms with Crippen molar-refractivity contribution in [2.24, 2.45) is 5.92 Å². The molecule has 0 heterocycles. The second kappa shape index (κ2) is 9.31. The zero-order valence-electron chi connectivity index (χ0n) is 11.5. The standard InChI is InChI=1S/C14H22BrNO3/c1-11(9-17)10-19-13-3-4-14(15)12(7-13)8-16-5-6-18-2/h3-4,7,11,16-17H,5-6,8-10H2,1-2H3. The van der Waals surface area contributed by atoms with Gasteiger partial charge >= 0.3 is 0 Å². The molecule has 1 aromatic rings. The summed E-state index contributed by atoms with van der Waals surface area (Å²) in [5.41, 5.74) is 1.14. The van der Waals surface area contributed by atoms with E-state index in [1.807, 2.05) is 25.1 Å². The minimum atomic E-state index is 0.141. The molecule has 0 fully saturated rings. The lowest BCUT2D eigenvalue weighted by Gasteiger charge is -2.13. The van der Waals surface area contributed by atoms with E-state index in [0.717, 1.165) is 28.9 Å². The number of halogens is 1. The van der Waals surface area contributed by atoms with E-state index in [0.29, 0.717) is 13.2 Å². The third-order valence-corrected chi connectivity index (χ3v) is 3.44. The van der Waals surface area contributed by atoms with Gasteiger partial charge in [-0.25, -0.2) is 0 Å². The second-order valence-electron chi connectivity index (χ2n) is 4.52. The third kappa shape index (κ3) is 6.38. The van der Waals surface area contributed by atoms with Gasteiger partial charge < -0.3 is 19.9 Å². The van der Waals surface area contributed by atoms with Crippen molar-refractivity contribution in [3.63, 3.8) is 0 Å². The second-order valence-corrected chi connectivity index (χ2v) is 5.38. The SMILES string of the molecule is COCCNCc1cc(OCC(C)CO)ccc1Br. The van der Waals surface area contributed by atoms with Crippen molar-refractivity contribution in [2.45, 2.75) is 13.5 Å². The van der Waals surface area contributed by atoms with Gasteiger partial charge in [-0.1, -0.05) is 22.9 Å². The summed E-state index contributed by atoms with van der Waals surface area (Å²) in [7, 11) is 1.69. The Kier molecular flexibility index (Phi) is 8.05. The van der Waals surface area contributed by atoms with Crippen LogP contribution in [-0.4, -0.2) is 38.6 Å². The quantitative estimate of drug-likeness (QED) is 0.681. The predicted molar refractivity (Wildman–Crippen MR) is 79.5 cm³/mol. The molecule has 108 valence electrons. The van der Waals surface area contributed by atoms with Crippen molar-refractivity contribution in [3.8, 4) is 5.75 Å². The number of hydrogen-bond donors (Lipinski definition) is 2. The normalized spacial score (nSPS) is 12.4. The molecule has 2 N–H and O–H groups in total. The van der Waals surface area contributed by atoms with E-state index >= 15 is 0 Å². The van der Waals surface area contributed by atoms with Crippen LogP contribution in [0.2, 0.25) is 0 Å². The zero-order chi connectivity index (χ0) is 14.1. The molecule has 0 aliphatic rings. The van der Waals surface area contributed by atoms with Crippen LogP contribution in [0.3, 0.4) is 0 Å². The maximum atomic E-state index is 8.97. The lowest BCUT2D eigenvalue weighted by Crippen LogP contribution is -2.19. The Morgan fingerprint density at radius 2 is 2.21 bits per heavy atom. The maximum absolute atomic E-state index is 8.97. The van der Waals surface area contributed by atoms with Crippen LogP contribution in [0.1, 0.15) is 12.5 Å². The number of rotatable bonds is 9. The van der Waals surface area contributed by atoms with E-state index in [2.05, 4.69) is 21.2 Å². The molecule has 0 saturated carbocycles. The van der Waals surface area contributed by atoms with Gasteiger partial charge in [-0.2, -0.15) is 0 Å². The van der Waals surface area contributed by atoms with Gasteiger partial charge in [0.15, 0.2) is 0 Å². The average Bonchev–Trinajstić information content (AvgIpc) is 2.43. The van der Waals surface area contributed by atoms with Crippen LogP contribution in [-0.2, 0) is 11.3 Å². The fourth-order valence-corrected chi connectivity index (χ4v) is 1.85. The summed E-state index contributed by atoms with van der Waals surface area (Å²) in [6.07, 6.45) is 0. The van der Waals surface area contributed by atoms with Crippen LogP contribution >= 0.6 is 15.9 Å². The molecule has 4 nitrogen and oxygen atoms in total. The molecule has 5 heteroatoms. The number of nitrogens with one attached hydrogen (secondary N) is 1. The molecule has 0 saturated heterocycles. The van der Waals surface area contributed by atoms with Gasteiger partial charge in [0, 0.05) is 37.2 Å². The number of aliphatic hydroxyl groups excluding tert-OH is 1. The van der Waals surface area contributed by atoms with E-state index in [-0.39, 0.29) is 12.5 Å². The molecule has 0 spiro atoms. The Balaban J connectivity index is 2.51. The van der Waals surface area contributed by atoms with Crippen molar-refractivity contribution < 1.29 is 14.6 Å². The predicted octanol–water partition coefficient (Wildman–Crippen LogP) is 2.19. The van der Waals surface area contributed by atoms with Crippen molar-refractivity contribution in [1.82, 2.24) is 5.32 Å². The molecular weight excluding hydrogens is 310 g/mol. The van der Waals surface area contributed by atoms with E-state index in [4.69, 9.17) is 14.6 Å². The van der Waals surface area contributed by atoms with Crippen LogP contribution in [0.15, 0.2) is 22.7 Å². The highest BCUT2D eigenvalue weighted by Gasteiger charge is 2.05.